The molecule has 0 saturated heterocycles. The van der Waals surface area contributed by atoms with Crippen molar-refractivity contribution in [3.8, 4) is 5.88 Å². The van der Waals surface area contributed by atoms with E-state index in [1.165, 1.54) is 7.11 Å². The highest BCUT2D eigenvalue weighted by molar-refractivity contribution is 6.30. The fraction of sp³-hybridized carbons (Fsp3) is 0.250. The van der Waals surface area contributed by atoms with E-state index >= 15 is 0 Å². The van der Waals surface area contributed by atoms with Gasteiger partial charge in [-0.1, -0.05) is 23.7 Å². The highest BCUT2D eigenvalue weighted by Gasteiger charge is 2.21. The number of hydrogen-bond donors (Lipinski definition) is 2. The maximum atomic E-state index is 12.3. The molecule has 1 aromatic heterocycles. The summed E-state index contributed by atoms with van der Waals surface area (Å²) in [6.07, 6.45) is 0.700. The van der Waals surface area contributed by atoms with Gasteiger partial charge in [0.05, 0.1) is 19.3 Å². The Morgan fingerprint density at radius 2 is 2.00 bits per heavy atom. The lowest BCUT2D eigenvalue weighted by Gasteiger charge is -2.21. The first-order valence-corrected chi connectivity index (χ1v) is 7.14. The van der Waals surface area contributed by atoms with Crippen LogP contribution in [-0.4, -0.2) is 29.1 Å². The van der Waals surface area contributed by atoms with Crippen molar-refractivity contribution in [1.82, 2.24) is 10.3 Å². The number of benzene rings is 1. The fourth-order valence-corrected chi connectivity index (χ4v) is 2.16. The van der Waals surface area contributed by atoms with Gasteiger partial charge in [-0.2, -0.15) is 0 Å². The van der Waals surface area contributed by atoms with Crippen LogP contribution < -0.4 is 10.1 Å². The second kappa shape index (κ2) is 7.24. The molecule has 0 spiro atoms. The number of nitrogens with one attached hydrogen (secondary N) is 1. The summed E-state index contributed by atoms with van der Waals surface area (Å²) in [6.45, 7) is 1.72. The molecule has 5 nitrogen and oxygen atoms in total. The van der Waals surface area contributed by atoms with E-state index in [-0.39, 0.29) is 11.8 Å². The number of hydrogen-bond acceptors (Lipinski definition) is 4. The summed E-state index contributed by atoms with van der Waals surface area (Å²) in [6, 6.07) is 9.61. The van der Waals surface area contributed by atoms with Crippen LogP contribution in [0.3, 0.4) is 0 Å². The Bertz CT molecular complexity index is 646. The van der Waals surface area contributed by atoms with Gasteiger partial charge in [0.2, 0.25) is 5.88 Å². The van der Waals surface area contributed by atoms with Gasteiger partial charge in [-0.3, -0.25) is 4.79 Å². The van der Waals surface area contributed by atoms with Crippen molar-refractivity contribution >= 4 is 17.5 Å². The van der Waals surface area contributed by atoms with Crippen molar-refractivity contribution in [3.63, 3.8) is 0 Å². The van der Waals surface area contributed by atoms with Gasteiger partial charge in [0.25, 0.3) is 5.91 Å². The molecule has 0 bridgehead atoms. The first kappa shape index (κ1) is 16.3. The molecular formula is C16H17ClN2O3. The standard InChI is InChI=1S/C16H17ClN2O3/c1-10(14(20)11-5-7-12(17)8-6-11)19-15(21)13-4-3-9-18-16(13)22-2/h3-10,14,20H,1-2H3,(H,19,21). The van der Waals surface area contributed by atoms with Crippen molar-refractivity contribution in [3.05, 3.63) is 58.7 Å². The van der Waals surface area contributed by atoms with Crippen LogP contribution in [0.4, 0.5) is 0 Å². The van der Waals surface area contributed by atoms with Gasteiger partial charge in [-0.05, 0) is 36.8 Å². The lowest BCUT2D eigenvalue weighted by Crippen LogP contribution is -2.37. The first-order valence-electron chi connectivity index (χ1n) is 6.76. The molecule has 116 valence electrons. The van der Waals surface area contributed by atoms with Crippen LogP contribution >= 0.6 is 11.6 Å². The molecular weight excluding hydrogens is 304 g/mol. The lowest BCUT2D eigenvalue weighted by molar-refractivity contribution is 0.0848. The number of rotatable bonds is 5. The number of carbonyl (C=O) groups excluding carboxylic acids is 1. The fourth-order valence-electron chi connectivity index (χ4n) is 2.04. The third-order valence-electron chi connectivity index (χ3n) is 3.25. The molecule has 1 amide bonds. The summed E-state index contributed by atoms with van der Waals surface area (Å²) >= 11 is 5.82. The van der Waals surface area contributed by atoms with Crippen molar-refractivity contribution in [1.29, 1.82) is 0 Å². The predicted molar refractivity (Wildman–Crippen MR) is 84.1 cm³/mol. The average Bonchev–Trinajstić information content (AvgIpc) is 2.54. The minimum Gasteiger partial charge on any atom is -0.480 e. The number of aromatic nitrogens is 1. The Morgan fingerprint density at radius 1 is 1.32 bits per heavy atom. The molecule has 0 fully saturated rings. The Hall–Kier alpha value is -2.11. The number of methoxy groups -OCH3 is 1. The number of amides is 1. The summed E-state index contributed by atoms with van der Waals surface area (Å²) in [4.78, 5) is 16.2. The van der Waals surface area contributed by atoms with E-state index < -0.39 is 12.1 Å². The third-order valence-corrected chi connectivity index (χ3v) is 3.51. The number of carbonyl (C=O) groups is 1. The summed E-state index contributed by atoms with van der Waals surface area (Å²) in [5.41, 5.74) is 0.996. The monoisotopic (exact) mass is 320 g/mol. The van der Waals surface area contributed by atoms with E-state index in [1.807, 2.05) is 0 Å². The quantitative estimate of drug-likeness (QED) is 0.888. The zero-order valence-electron chi connectivity index (χ0n) is 12.3. The van der Waals surface area contributed by atoms with Gasteiger partial charge in [0, 0.05) is 11.2 Å². The zero-order chi connectivity index (χ0) is 16.1. The van der Waals surface area contributed by atoms with E-state index in [4.69, 9.17) is 16.3 Å². The topological polar surface area (TPSA) is 71.5 Å². The van der Waals surface area contributed by atoms with Gasteiger partial charge >= 0.3 is 0 Å². The average molecular weight is 321 g/mol. The van der Waals surface area contributed by atoms with Crippen LogP contribution in [0.15, 0.2) is 42.6 Å². The number of nitrogens with zero attached hydrogens (tertiary/aromatic N) is 1. The largest absolute Gasteiger partial charge is 0.480 e. The third kappa shape index (κ3) is 3.75. The maximum Gasteiger partial charge on any atom is 0.257 e. The molecule has 2 unspecified atom stereocenters. The van der Waals surface area contributed by atoms with Gasteiger partial charge < -0.3 is 15.2 Å². The molecule has 22 heavy (non-hydrogen) atoms. The minimum atomic E-state index is -0.844. The van der Waals surface area contributed by atoms with E-state index in [1.54, 1.807) is 49.5 Å². The summed E-state index contributed by atoms with van der Waals surface area (Å²) in [7, 11) is 1.45. The second-order valence-electron chi connectivity index (χ2n) is 4.82. The smallest absolute Gasteiger partial charge is 0.257 e. The van der Waals surface area contributed by atoms with Crippen LogP contribution in [0, 0.1) is 0 Å². The highest BCUT2D eigenvalue weighted by Crippen LogP contribution is 2.20. The van der Waals surface area contributed by atoms with Crippen LogP contribution in [0.2, 0.25) is 5.02 Å². The second-order valence-corrected chi connectivity index (χ2v) is 5.26. The number of aliphatic hydroxyl groups is 1. The van der Waals surface area contributed by atoms with E-state index in [0.29, 0.717) is 16.1 Å². The minimum absolute atomic E-state index is 0.244. The SMILES string of the molecule is COc1ncccc1C(=O)NC(C)C(O)c1ccc(Cl)cc1. The van der Waals surface area contributed by atoms with E-state index in [9.17, 15) is 9.90 Å². The Morgan fingerprint density at radius 3 is 2.64 bits per heavy atom. The normalized spacial score (nSPS) is 13.3. The molecule has 0 aliphatic rings. The molecule has 0 aliphatic heterocycles. The molecule has 0 aliphatic carbocycles. The zero-order valence-corrected chi connectivity index (χ0v) is 13.0. The van der Waals surface area contributed by atoms with Crippen molar-refractivity contribution in [2.75, 3.05) is 7.11 Å². The number of halogens is 1. The number of aliphatic hydroxyl groups excluding tert-OH is 1. The number of ether oxygens (including phenoxy) is 1. The van der Waals surface area contributed by atoms with E-state index in [2.05, 4.69) is 10.3 Å². The summed E-state index contributed by atoms with van der Waals surface area (Å²) < 4.78 is 5.06. The molecule has 2 rings (SSSR count). The molecule has 2 aromatic rings. The van der Waals surface area contributed by atoms with Crippen molar-refractivity contribution in [2.45, 2.75) is 19.1 Å². The molecule has 0 saturated carbocycles. The van der Waals surface area contributed by atoms with Crippen molar-refractivity contribution < 1.29 is 14.6 Å². The molecule has 6 heteroatoms. The Balaban J connectivity index is 2.09. The maximum absolute atomic E-state index is 12.3. The van der Waals surface area contributed by atoms with Crippen LogP contribution in [0.5, 0.6) is 5.88 Å². The van der Waals surface area contributed by atoms with Gasteiger partial charge in [0.15, 0.2) is 0 Å². The predicted octanol–water partition coefficient (Wildman–Crippen LogP) is 2.60. The number of pyridine rings is 1. The molecule has 1 heterocycles. The van der Waals surface area contributed by atoms with Crippen LogP contribution in [-0.2, 0) is 0 Å². The summed E-state index contributed by atoms with van der Waals surface area (Å²) in [5.74, 6) is -0.112. The van der Waals surface area contributed by atoms with Crippen molar-refractivity contribution in [2.24, 2.45) is 0 Å². The van der Waals surface area contributed by atoms with Crippen LogP contribution in [0.25, 0.3) is 0 Å². The Kier molecular flexibility index (Phi) is 5.35. The van der Waals surface area contributed by atoms with Gasteiger partial charge in [0.1, 0.15) is 5.56 Å². The Labute approximate surface area is 133 Å². The van der Waals surface area contributed by atoms with Crippen LogP contribution in [0.1, 0.15) is 28.9 Å². The summed E-state index contributed by atoms with van der Waals surface area (Å²) in [5, 5.41) is 13.6. The van der Waals surface area contributed by atoms with E-state index in [0.717, 1.165) is 0 Å². The molecule has 2 N–H and O–H groups in total. The van der Waals surface area contributed by atoms with Gasteiger partial charge in [-0.25, -0.2) is 4.98 Å². The molecule has 1 aromatic carbocycles. The molecule has 0 radical (unpaired) electrons. The molecule has 2 atom stereocenters. The lowest BCUT2D eigenvalue weighted by atomic mass is 10.0. The first-order chi connectivity index (χ1) is 10.5. The van der Waals surface area contributed by atoms with Gasteiger partial charge in [-0.15, -0.1) is 0 Å². The highest BCUT2D eigenvalue weighted by atomic mass is 35.5.